The highest BCUT2D eigenvalue weighted by Gasteiger charge is 2.17. The Morgan fingerprint density at radius 3 is 2.15 bits per heavy atom. The maximum absolute atomic E-state index is 11.5. The predicted octanol–water partition coefficient (Wildman–Crippen LogP) is 4.34. The summed E-state index contributed by atoms with van der Waals surface area (Å²) in [4.78, 5) is 3.25. The van der Waals surface area contributed by atoms with E-state index in [1.54, 1.807) is 6.07 Å². The fourth-order valence-corrected chi connectivity index (χ4v) is 5.45. The van der Waals surface area contributed by atoms with E-state index in [1.165, 1.54) is 28.3 Å². The van der Waals surface area contributed by atoms with Gasteiger partial charge >= 0.3 is 0 Å². The summed E-state index contributed by atoms with van der Waals surface area (Å²) >= 11 is 0. The average molecular weight is 557 g/mol. The molecule has 0 fully saturated rings. The molecular formula is C33H38N3O3S+. The third-order valence-corrected chi connectivity index (χ3v) is 8.04. The molecule has 0 unspecified atom stereocenters. The van der Waals surface area contributed by atoms with E-state index < -0.39 is 10.1 Å². The van der Waals surface area contributed by atoms with Gasteiger partial charge in [0.05, 0.1) is 19.0 Å². The zero-order valence-electron chi connectivity index (χ0n) is 24.1. The topological polar surface area (TPSA) is 67.9 Å². The maximum Gasteiger partial charge on any atom is 0.199 e. The zero-order chi connectivity index (χ0) is 29.0. The van der Waals surface area contributed by atoms with Gasteiger partial charge < -0.3 is 14.4 Å². The van der Waals surface area contributed by atoms with Crippen molar-refractivity contribution < 1.29 is 22.4 Å². The summed E-state index contributed by atoms with van der Waals surface area (Å²) in [5.74, 6) is 0. The smallest absolute Gasteiger partial charge is 0.199 e. The van der Waals surface area contributed by atoms with Crippen LogP contribution < -0.4 is 9.80 Å². The van der Waals surface area contributed by atoms with Gasteiger partial charge in [-0.25, -0.2) is 13.0 Å². The van der Waals surface area contributed by atoms with Crippen molar-refractivity contribution >= 4 is 32.8 Å². The van der Waals surface area contributed by atoms with Crippen LogP contribution in [0.1, 0.15) is 29.2 Å². The van der Waals surface area contributed by atoms with Crippen molar-refractivity contribution in [2.75, 3.05) is 39.6 Å². The molecule has 0 radical (unpaired) electrons. The number of nitrogens with one attached hydrogen (secondary N) is 1. The van der Waals surface area contributed by atoms with Gasteiger partial charge in [-0.3, -0.25) is 0 Å². The molecular weight excluding hydrogens is 518 g/mol. The molecule has 4 rings (SSSR count). The van der Waals surface area contributed by atoms with Crippen molar-refractivity contribution in [2.24, 2.45) is 0 Å². The fourth-order valence-electron chi connectivity index (χ4n) is 4.90. The Kier molecular flexibility index (Phi) is 8.88. The molecule has 1 aliphatic carbocycles. The van der Waals surface area contributed by atoms with Crippen LogP contribution in [-0.2, 0) is 16.7 Å². The van der Waals surface area contributed by atoms with Crippen LogP contribution in [0.15, 0.2) is 102 Å². The van der Waals surface area contributed by atoms with Crippen LogP contribution in [0.25, 0.3) is 5.57 Å². The number of benzene rings is 3. The number of hydrogen-bond acceptors (Lipinski definition) is 4. The van der Waals surface area contributed by atoms with E-state index in [1.807, 2.05) is 20.2 Å². The third kappa shape index (κ3) is 6.67. The van der Waals surface area contributed by atoms with Gasteiger partial charge in [-0.15, -0.1) is 0 Å². The predicted molar refractivity (Wildman–Crippen MR) is 163 cm³/mol. The molecule has 7 heteroatoms. The Morgan fingerprint density at radius 2 is 1.60 bits per heavy atom. The minimum Gasteiger partial charge on any atom is -0.744 e. The van der Waals surface area contributed by atoms with Crippen LogP contribution >= 0.6 is 0 Å². The summed E-state index contributed by atoms with van der Waals surface area (Å²) in [6, 6.07) is 21.5. The van der Waals surface area contributed by atoms with Gasteiger partial charge in [0.25, 0.3) is 0 Å². The Hall–Kier alpha value is -3.78. The molecule has 0 amide bonds. The number of anilines is 1. The Labute approximate surface area is 238 Å². The molecule has 3 aromatic carbocycles. The van der Waals surface area contributed by atoms with Crippen molar-refractivity contribution in [3.63, 3.8) is 0 Å². The minimum absolute atomic E-state index is 0.200. The van der Waals surface area contributed by atoms with Crippen molar-refractivity contribution in [2.45, 2.75) is 25.3 Å². The van der Waals surface area contributed by atoms with E-state index in [4.69, 9.17) is 0 Å². The highest BCUT2D eigenvalue weighted by atomic mass is 32.2. The lowest BCUT2D eigenvalue weighted by molar-refractivity contribution is -0.786. The molecule has 0 aliphatic heterocycles. The van der Waals surface area contributed by atoms with Crippen LogP contribution in [0, 0.1) is 6.92 Å². The van der Waals surface area contributed by atoms with E-state index >= 15 is 0 Å². The van der Waals surface area contributed by atoms with E-state index in [2.05, 4.69) is 104 Å². The summed E-state index contributed by atoms with van der Waals surface area (Å²) in [6.45, 7) is 5.42. The average Bonchev–Trinajstić information content (AvgIpc) is 2.93. The molecule has 3 aromatic rings. The zero-order valence-corrected chi connectivity index (χ0v) is 24.9. The maximum atomic E-state index is 11.5. The van der Waals surface area contributed by atoms with Gasteiger partial charge in [0.15, 0.2) is 5.71 Å². The molecule has 0 heterocycles. The van der Waals surface area contributed by atoms with Gasteiger partial charge in [0.2, 0.25) is 0 Å². The van der Waals surface area contributed by atoms with Gasteiger partial charge in [0.1, 0.15) is 29.9 Å². The monoisotopic (exact) mass is 556 g/mol. The van der Waals surface area contributed by atoms with E-state index in [9.17, 15) is 13.0 Å². The molecule has 1 aliphatic rings. The molecule has 0 saturated heterocycles. The molecule has 1 N–H and O–H groups in total. The number of hydrogen-bond donors (Lipinski definition) is 1. The quantitative estimate of drug-likeness (QED) is 0.331. The highest BCUT2D eigenvalue weighted by Crippen LogP contribution is 2.34. The molecule has 40 heavy (non-hydrogen) atoms. The first kappa shape index (κ1) is 29.2. The number of rotatable bonds is 8. The molecule has 0 spiro atoms. The van der Waals surface area contributed by atoms with Crippen molar-refractivity contribution in [1.29, 1.82) is 0 Å². The third-order valence-electron chi connectivity index (χ3n) is 7.21. The van der Waals surface area contributed by atoms with Crippen molar-refractivity contribution in [3.05, 3.63) is 119 Å². The molecule has 0 aromatic heterocycles. The van der Waals surface area contributed by atoms with E-state index in [0.29, 0.717) is 6.54 Å². The van der Waals surface area contributed by atoms with Crippen LogP contribution in [0.2, 0.25) is 0 Å². The van der Waals surface area contributed by atoms with Crippen LogP contribution in [-0.4, -0.2) is 58.0 Å². The van der Waals surface area contributed by atoms with Gasteiger partial charge in [-0.2, -0.15) is 0 Å². The van der Waals surface area contributed by atoms with Crippen molar-refractivity contribution in [1.82, 2.24) is 0 Å². The molecule has 208 valence electrons. The van der Waals surface area contributed by atoms with E-state index in [0.717, 1.165) is 45.8 Å². The Bertz CT molecular complexity index is 1610. The van der Waals surface area contributed by atoms with Crippen molar-refractivity contribution in [3.8, 4) is 0 Å². The largest absolute Gasteiger partial charge is 0.744 e. The standard InChI is InChI=1S/C33H37N3O3S/c1-7-36(23-25-9-8-10-31(22-25)40(37,38)39)30-19-20-32(24(2)21-30)33(26-11-15-28(16-12-26)34(3)4)27-13-17-29(18-14-27)35(5)6/h8-22H,7,23H2,1-6H3/p+1. The summed E-state index contributed by atoms with van der Waals surface area (Å²) in [7, 11) is 3.83. The lowest BCUT2D eigenvalue weighted by Crippen LogP contribution is -3.00. The first-order valence-corrected chi connectivity index (χ1v) is 14.8. The number of aryl methyl sites for hydroxylation is 1. The number of nitrogens with zero attached hydrogens (tertiary/aromatic N) is 2. The molecule has 0 bridgehead atoms. The fraction of sp³-hybridized carbons (Fsp3) is 0.242. The summed E-state index contributed by atoms with van der Waals surface area (Å²) in [5, 5.41) is 0. The lowest BCUT2D eigenvalue weighted by Gasteiger charge is -2.25. The second kappa shape index (κ2) is 12.2. The normalized spacial score (nSPS) is 13.2. The minimum atomic E-state index is -4.50. The Morgan fingerprint density at radius 1 is 0.925 bits per heavy atom. The highest BCUT2D eigenvalue weighted by molar-refractivity contribution is 7.85. The summed E-state index contributed by atoms with van der Waals surface area (Å²) in [6.07, 6.45) is 8.65. The van der Waals surface area contributed by atoms with Crippen LogP contribution in [0.3, 0.4) is 0 Å². The molecule has 0 atom stereocenters. The second-order valence-corrected chi connectivity index (χ2v) is 11.9. The number of quaternary nitrogens is 1. The summed E-state index contributed by atoms with van der Waals surface area (Å²) < 4.78 is 36.7. The van der Waals surface area contributed by atoms with E-state index in [-0.39, 0.29) is 4.90 Å². The SMILES string of the molecule is CCN(Cc1cccc(S(=O)(=O)[O-])c1)c1ccc(C(=C2C=CC(=[N+](C)C)C=C2)c2ccc([NH+](C)C)cc2)c(C)c1. The second-order valence-electron chi connectivity index (χ2n) is 10.5. The first-order valence-electron chi connectivity index (χ1n) is 13.4. The summed E-state index contributed by atoms with van der Waals surface area (Å²) in [5.41, 5.74) is 9.95. The molecule has 0 saturated carbocycles. The van der Waals surface area contributed by atoms with Crippen LogP contribution in [0.4, 0.5) is 11.4 Å². The van der Waals surface area contributed by atoms with Gasteiger partial charge in [-0.05, 0) is 108 Å². The van der Waals surface area contributed by atoms with Crippen LogP contribution in [0.5, 0.6) is 0 Å². The Balaban J connectivity index is 1.75. The lowest BCUT2D eigenvalue weighted by atomic mass is 9.88. The first-order chi connectivity index (χ1) is 19.0. The van der Waals surface area contributed by atoms with Gasteiger partial charge in [0, 0.05) is 30.9 Å². The van der Waals surface area contributed by atoms with Gasteiger partial charge in [-0.1, -0.05) is 18.2 Å². The molecule has 6 nitrogen and oxygen atoms in total. The number of allylic oxidation sites excluding steroid dienone is 5.